The molecule has 0 aliphatic heterocycles. The van der Waals surface area contributed by atoms with E-state index in [9.17, 15) is 0 Å². The maximum atomic E-state index is 5.82. The van der Waals surface area contributed by atoms with Crippen molar-refractivity contribution in [2.24, 2.45) is 7.05 Å². The van der Waals surface area contributed by atoms with Gasteiger partial charge in [0.15, 0.2) is 0 Å². The molecule has 0 aliphatic carbocycles. The summed E-state index contributed by atoms with van der Waals surface area (Å²) in [6.45, 7) is 0.823. The van der Waals surface area contributed by atoms with Gasteiger partial charge in [-0.2, -0.15) is 0 Å². The third-order valence-electron chi connectivity index (χ3n) is 3.52. The molecule has 3 aromatic rings. The van der Waals surface area contributed by atoms with Gasteiger partial charge in [-0.3, -0.25) is 0 Å². The summed E-state index contributed by atoms with van der Waals surface area (Å²) < 4.78 is 2.02. The highest BCUT2D eigenvalue weighted by molar-refractivity contribution is 5.79. The maximum Gasteiger partial charge on any atom is 0.0955 e. The van der Waals surface area contributed by atoms with Crippen molar-refractivity contribution in [1.29, 1.82) is 0 Å². The van der Waals surface area contributed by atoms with Crippen LogP contribution >= 0.6 is 0 Å². The van der Waals surface area contributed by atoms with E-state index in [2.05, 4.69) is 41.2 Å². The minimum absolute atomic E-state index is 0.802. The SMILES string of the molecule is CN(Cc1cccc(N)c1)c1ccc2c(c1)ncn2C. The van der Waals surface area contributed by atoms with Crippen molar-refractivity contribution in [2.45, 2.75) is 6.54 Å². The lowest BCUT2D eigenvalue weighted by molar-refractivity contribution is 0.924. The van der Waals surface area contributed by atoms with E-state index in [0.29, 0.717) is 0 Å². The molecule has 0 aliphatic rings. The van der Waals surface area contributed by atoms with Crippen LogP contribution in [0.15, 0.2) is 48.8 Å². The van der Waals surface area contributed by atoms with Crippen LogP contribution < -0.4 is 10.6 Å². The van der Waals surface area contributed by atoms with E-state index in [4.69, 9.17) is 5.73 Å². The Labute approximate surface area is 118 Å². The molecular formula is C16H18N4. The Balaban J connectivity index is 1.86. The molecule has 4 nitrogen and oxygen atoms in total. The van der Waals surface area contributed by atoms with Gasteiger partial charge in [0.2, 0.25) is 0 Å². The molecule has 2 N–H and O–H groups in total. The Kier molecular flexibility index (Phi) is 3.06. The number of anilines is 2. The first kappa shape index (κ1) is 12.5. The predicted octanol–water partition coefficient (Wildman–Crippen LogP) is 2.79. The molecule has 4 heteroatoms. The maximum absolute atomic E-state index is 5.82. The highest BCUT2D eigenvalue weighted by atomic mass is 15.1. The van der Waals surface area contributed by atoms with Gasteiger partial charge in [-0.05, 0) is 35.9 Å². The molecular weight excluding hydrogens is 248 g/mol. The fourth-order valence-corrected chi connectivity index (χ4v) is 2.42. The van der Waals surface area contributed by atoms with E-state index in [1.165, 1.54) is 5.56 Å². The number of fused-ring (bicyclic) bond motifs is 1. The minimum atomic E-state index is 0.802. The van der Waals surface area contributed by atoms with E-state index in [1.54, 1.807) is 0 Å². The molecule has 0 spiro atoms. The van der Waals surface area contributed by atoms with Crippen LogP contribution in [0.25, 0.3) is 11.0 Å². The summed E-state index contributed by atoms with van der Waals surface area (Å²) in [5.74, 6) is 0. The van der Waals surface area contributed by atoms with Crippen molar-refractivity contribution < 1.29 is 0 Å². The molecule has 0 fully saturated rings. The molecule has 0 radical (unpaired) electrons. The number of hydrogen-bond donors (Lipinski definition) is 1. The first-order valence-electron chi connectivity index (χ1n) is 6.60. The highest BCUT2D eigenvalue weighted by Gasteiger charge is 2.06. The number of nitrogen functional groups attached to an aromatic ring is 1. The molecule has 3 rings (SSSR count). The quantitative estimate of drug-likeness (QED) is 0.741. The monoisotopic (exact) mass is 266 g/mol. The normalized spacial score (nSPS) is 10.9. The van der Waals surface area contributed by atoms with E-state index in [1.807, 2.05) is 36.1 Å². The van der Waals surface area contributed by atoms with E-state index in [-0.39, 0.29) is 0 Å². The lowest BCUT2D eigenvalue weighted by Gasteiger charge is -2.19. The van der Waals surface area contributed by atoms with Crippen LogP contribution in [0.1, 0.15) is 5.56 Å². The van der Waals surface area contributed by atoms with Gasteiger partial charge in [-0.15, -0.1) is 0 Å². The van der Waals surface area contributed by atoms with Gasteiger partial charge < -0.3 is 15.2 Å². The van der Waals surface area contributed by atoms with Gasteiger partial charge in [-0.1, -0.05) is 12.1 Å². The highest BCUT2D eigenvalue weighted by Crippen LogP contribution is 2.21. The zero-order valence-corrected chi connectivity index (χ0v) is 11.7. The average molecular weight is 266 g/mol. The number of imidazole rings is 1. The molecule has 102 valence electrons. The largest absolute Gasteiger partial charge is 0.399 e. The summed E-state index contributed by atoms with van der Waals surface area (Å²) in [5, 5.41) is 0. The molecule has 1 aromatic heterocycles. The van der Waals surface area contributed by atoms with Gasteiger partial charge in [0.05, 0.1) is 17.4 Å². The van der Waals surface area contributed by atoms with Crippen molar-refractivity contribution in [3.63, 3.8) is 0 Å². The van der Waals surface area contributed by atoms with Crippen LogP contribution in [0, 0.1) is 0 Å². The standard InChI is InChI=1S/C16H18N4/c1-19(10-12-4-3-5-13(17)8-12)14-6-7-16-15(9-14)18-11-20(16)2/h3-9,11H,10,17H2,1-2H3. The van der Waals surface area contributed by atoms with E-state index in [0.717, 1.165) is 29.0 Å². The minimum Gasteiger partial charge on any atom is -0.399 e. The van der Waals surface area contributed by atoms with Crippen LogP contribution in [-0.2, 0) is 13.6 Å². The van der Waals surface area contributed by atoms with Crippen molar-refractivity contribution in [2.75, 3.05) is 17.7 Å². The van der Waals surface area contributed by atoms with Crippen LogP contribution in [0.4, 0.5) is 11.4 Å². The third kappa shape index (κ3) is 2.32. The number of aromatic nitrogens is 2. The van der Waals surface area contributed by atoms with Crippen LogP contribution in [0.5, 0.6) is 0 Å². The molecule has 0 bridgehead atoms. The Morgan fingerprint density at radius 2 is 2.05 bits per heavy atom. The molecule has 0 unspecified atom stereocenters. The summed E-state index contributed by atoms with van der Waals surface area (Å²) in [7, 11) is 4.08. The van der Waals surface area contributed by atoms with E-state index < -0.39 is 0 Å². The van der Waals surface area contributed by atoms with Crippen LogP contribution in [-0.4, -0.2) is 16.6 Å². The number of rotatable bonds is 3. The smallest absolute Gasteiger partial charge is 0.0955 e. The first-order chi connectivity index (χ1) is 9.63. The average Bonchev–Trinajstić information content (AvgIpc) is 2.80. The first-order valence-corrected chi connectivity index (χ1v) is 6.60. The zero-order valence-electron chi connectivity index (χ0n) is 11.7. The molecule has 0 amide bonds. The van der Waals surface area contributed by atoms with Crippen LogP contribution in [0.2, 0.25) is 0 Å². The fraction of sp³-hybridized carbons (Fsp3) is 0.188. The second-order valence-electron chi connectivity index (χ2n) is 5.13. The number of nitrogens with zero attached hydrogens (tertiary/aromatic N) is 3. The van der Waals surface area contributed by atoms with Crippen molar-refractivity contribution in [3.8, 4) is 0 Å². The Hall–Kier alpha value is -2.49. The van der Waals surface area contributed by atoms with Crippen molar-refractivity contribution in [1.82, 2.24) is 9.55 Å². The molecule has 0 saturated carbocycles. The lowest BCUT2D eigenvalue weighted by atomic mass is 10.2. The molecule has 1 heterocycles. The van der Waals surface area contributed by atoms with Crippen molar-refractivity contribution in [3.05, 3.63) is 54.4 Å². The van der Waals surface area contributed by atoms with E-state index >= 15 is 0 Å². The molecule has 2 aromatic carbocycles. The summed E-state index contributed by atoms with van der Waals surface area (Å²) >= 11 is 0. The Morgan fingerprint density at radius 1 is 1.20 bits per heavy atom. The topological polar surface area (TPSA) is 47.1 Å². The third-order valence-corrected chi connectivity index (χ3v) is 3.52. The number of benzene rings is 2. The van der Waals surface area contributed by atoms with Gasteiger partial charge in [0.25, 0.3) is 0 Å². The van der Waals surface area contributed by atoms with Crippen LogP contribution in [0.3, 0.4) is 0 Å². The second kappa shape index (κ2) is 4.89. The zero-order chi connectivity index (χ0) is 14.1. The molecule has 0 atom stereocenters. The number of nitrogens with two attached hydrogens (primary N) is 1. The predicted molar refractivity (Wildman–Crippen MR) is 83.7 cm³/mol. The number of hydrogen-bond acceptors (Lipinski definition) is 3. The van der Waals surface area contributed by atoms with Gasteiger partial charge in [-0.25, -0.2) is 4.98 Å². The van der Waals surface area contributed by atoms with Crippen molar-refractivity contribution >= 4 is 22.4 Å². The second-order valence-corrected chi connectivity index (χ2v) is 5.13. The molecule has 20 heavy (non-hydrogen) atoms. The van der Waals surface area contributed by atoms with Gasteiger partial charge >= 0.3 is 0 Å². The van der Waals surface area contributed by atoms with Gasteiger partial charge in [0.1, 0.15) is 0 Å². The summed E-state index contributed by atoms with van der Waals surface area (Å²) in [6.07, 6.45) is 1.84. The number of aryl methyl sites for hydroxylation is 1. The van der Waals surface area contributed by atoms with Gasteiger partial charge in [0, 0.05) is 32.0 Å². The Morgan fingerprint density at radius 3 is 2.85 bits per heavy atom. The fourth-order valence-electron chi connectivity index (χ4n) is 2.42. The lowest BCUT2D eigenvalue weighted by Crippen LogP contribution is -2.16. The summed E-state index contributed by atoms with van der Waals surface area (Å²) in [6, 6.07) is 14.3. The Bertz CT molecular complexity index is 745. The summed E-state index contributed by atoms with van der Waals surface area (Å²) in [5.41, 5.74) is 11.1. The summed E-state index contributed by atoms with van der Waals surface area (Å²) in [4.78, 5) is 6.60. The molecule has 0 saturated heterocycles.